The van der Waals surface area contributed by atoms with E-state index in [-0.39, 0.29) is 5.97 Å². The van der Waals surface area contributed by atoms with Gasteiger partial charge in [0.1, 0.15) is 5.82 Å². The highest BCUT2D eigenvalue weighted by molar-refractivity contribution is 5.94. The van der Waals surface area contributed by atoms with Crippen LogP contribution in [0.2, 0.25) is 0 Å². The minimum Gasteiger partial charge on any atom is -0.462 e. The summed E-state index contributed by atoms with van der Waals surface area (Å²) in [4.78, 5) is 20.2. The van der Waals surface area contributed by atoms with Crippen LogP contribution in [0.25, 0.3) is 10.9 Å². The standard InChI is InChI=1S/C13H14N2O2/c1-4-17-13(16)10-5-6-11-8(2)14-9(3)15-12(11)7-10/h5-7H,4H2,1-3H3. The summed E-state index contributed by atoms with van der Waals surface area (Å²) in [5.41, 5.74) is 2.22. The van der Waals surface area contributed by atoms with E-state index >= 15 is 0 Å². The van der Waals surface area contributed by atoms with E-state index in [1.807, 2.05) is 19.9 Å². The van der Waals surface area contributed by atoms with Gasteiger partial charge in [-0.2, -0.15) is 0 Å². The van der Waals surface area contributed by atoms with Gasteiger partial charge in [0, 0.05) is 11.1 Å². The van der Waals surface area contributed by atoms with Crippen molar-refractivity contribution in [3.05, 3.63) is 35.3 Å². The van der Waals surface area contributed by atoms with Gasteiger partial charge in [-0.15, -0.1) is 0 Å². The Labute approximate surface area is 99.7 Å². The molecule has 0 fully saturated rings. The van der Waals surface area contributed by atoms with Crippen LogP contribution in [0, 0.1) is 13.8 Å². The van der Waals surface area contributed by atoms with Crippen molar-refractivity contribution in [1.29, 1.82) is 0 Å². The van der Waals surface area contributed by atoms with Crippen molar-refractivity contribution in [2.24, 2.45) is 0 Å². The summed E-state index contributed by atoms with van der Waals surface area (Å²) in [7, 11) is 0. The lowest BCUT2D eigenvalue weighted by atomic mass is 10.1. The number of rotatable bonds is 2. The van der Waals surface area contributed by atoms with Crippen LogP contribution in [0.15, 0.2) is 18.2 Å². The van der Waals surface area contributed by atoms with Crippen LogP contribution in [-0.2, 0) is 4.74 Å². The Morgan fingerprint density at radius 2 is 2.06 bits per heavy atom. The molecule has 1 aromatic carbocycles. The highest BCUT2D eigenvalue weighted by Gasteiger charge is 2.09. The largest absolute Gasteiger partial charge is 0.462 e. The number of carbonyl (C=O) groups is 1. The molecule has 0 aliphatic rings. The third-order valence-electron chi connectivity index (χ3n) is 2.51. The summed E-state index contributed by atoms with van der Waals surface area (Å²) < 4.78 is 4.95. The molecule has 4 nitrogen and oxygen atoms in total. The molecule has 0 N–H and O–H groups in total. The molecule has 0 saturated heterocycles. The smallest absolute Gasteiger partial charge is 0.338 e. The number of fused-ring (bicyclic) bond motifs is 1. The minimum absolute atomic E-state index is 0.316. The Morgan fingerprint density at radius 3 is 2.76 bits per heavy atom. The molecule has 4 heteroatoms. The van der Waals surface area contributed by atoms with Gasteiger partial charge in [-0.3, -0.25) is 0 Å². The fourth-order valence-corrected chi connectivity index (χ4v) is 1.77. The van der Waals surface area contributed by atoms with Gasteiger partial charge in [0.25, 0.3) is 0 Å². The normalized spacial score (nSPS) is 10.5. The second-order valence-corrected chi connectivity index (χ2v) is 3.81. The fourth-order valence-electron chi connectivity index (χ4n) is 1.77. The lowest BCUT2D eigenvalue weighted by Crippen LogP contribution is -2.05. The lowest BCUT2D eigenvalue weighted by molar-refractivity contribution is 0.0526. The maximum Gasteiger partial charge on any atom is 0.338 e. The van der Waals surface area contributed by atoms with E-state index in [4.69, 9.17) is 4.74 Å². The first kappa shape index (κ1) is 11.5. The summed E-state index contributed by atoms with van der Waals surface area (Å²) >= 11 is 0. The number of hydrogen-bond acceptors (Lipinski definition) is 4. The van der Waals surface area contributed by atoms with Crippen molar-refractivity contribution >= 4 is 16.9 Å². The first-order chi connectivity index (χ1) is 8.11. The SMILES string of the molecule is CCOC(=O)c1ccc2c(C)nc(C)nc2c1. The van der Waals surface area contributed by atoms with Gasteiger partial charge < -0.3 is 4.74 Å². The van der Waals surface area contributed by atoms with Crippen LogP contribution in [0.5, 0.6) is 0 Å². The summed E-state index contributed by atoms with van der Waals surface area (Å²) in [6.07, 6.45) is 0. The second-order valence-electron chi connectivity index (χ2n) is 3.81. The van der Waals surface area contributed by atoms with E-state index in [1.54, 1.807) is 19.1 Å². The summed E-state index contributed by atoms with van der Waals surface area (Å²) in [5, 5.41) is 0.962. The topological polar surface area (TPSA) is 52.1 Å². The molecule has 17 heavy (non-hydrogen) atoms. The highest BCUT2D eigenvalue weighted by Crippen LogP contribution is 2.17. The summed E-state index contributed by atoms with van der Waals surface area (Å²) in [5.74, 6) is 0.388. The molecule has 2 rings (SSSR count). The van der Waals surface area contributed by atoms with Crippen LogP contribution < -0.4 is 0 Å². The van der Waals surface area contributed by atoms with Crippen molar-refractivity contribution in [3.63, 3.8) is 0 Å². The van der Waals surface area contributed by atoms with Crippen LogP contribution in [0.4, 0.5) is 0 Å². The number of benzene rings is 1. The Bertz CT molecular complexity index is 579. The van der Waals surface area contributed by atoms with Crippen molar-refractivity contribution < 1.29 is 9.53 Å². The molecule has 0 atom stereocenters. The number of nitrogens with zero attached hydrogens (tertiary/aromatic N) is 2. The van der Waals surface area contributed by atoms with Crippen molar-refractivity contribution in [2.75, 3.05) is 6.61 Å². The molecule has 0 spiro atoms. The second kappa shape index (κ2) is 4.49. The molecule has 88 valence electrons. The average molecular weight is 230 g/mol. The lowest BCUT2D eigenvalue weighted by Gasteiger charge is -2.05. The Balaban J connectivity index is 2.54. The van der Waals surface area contributed by atoms with Gasteiger partial charge in [0.15, 0.2) is 0 Å². The summed E-state index contributed by atoms with van der Waals surface area (Å²) in [6, 6.07) is 5.34. The Hall–Kier alpha value is -1.97. The third kappa shape index (κ3) is 2.25. The van der Waals surface area contributed by atoms with Crippen LogP contribution >= 0.6 is 0 Å². The van der Waals surface area contributed by atoms with E-state index < -0.39 is 0 Å². The third-order valence-corrected chi connectivity index (χ3v) is 2.51. The first-order valence-corrected chi connectivity index (χ1v) is 5.54. The van der Waals surface area contributed by atoms with Gasteiger partial charge in [0.05, 0.1) is 17.7 Å². The highest BCUT2D eigenvalue weighted by atomic mass is 16.5. The van der Waals surface area contributed by atoms with E-state index in [2.05, 4.69) is 9.97 Å². The quantitative estimate of drug-likeness (QED) is 0.743. The molecule has 0 aliphatic heterocycles. The summed E-state index contributed by atoms with van der Waals surface area (Å²) in [6.45, 7) is 5.93. The molecule has 1 heterocycles. The Morgan fingerprint density at radius 1 is 1.29 bits per heavy atom. The van der Waals surface area contributed by atoms with Crippen molar-refractivity contribution in [2.45, 2.75) is 20.8 Å². The van der Waals surface area contributed by atoms with Gasteiger partial charge in [-0.25, -0.2) is 14.8 Å². The maximum absolute atomic E-state index is 11.6. The number of hydrogen-bond donors (Lipinski definition) is 0. The zero-order valence-electron chi connectivity index (χ0n) is 10.2. The van der Waals surface area contributed by atoms with Crippen LogP contribution in [0.1, 0.15) is 28.8 Å². The number of ether oxygens (including phenoxy) is 1. The van der Waals surface area contributed by atoms with E-state index in [1.165, 1.54) is 0 Å². The molecule has 0 aliphatic carbocycles. The number of esters is 1. The van der Waals surface area contributed by atoms with Crippen LogP contribution in [0.3, 0.4) is 0 Å². The molecule has 1 aromatic heterocycles. The first-order valence-electron chi connectivity index (χ1n) is 5.54. The predicted octanol–water partition coefficient (Wildman–Crippen LogP) is 2.42. The minimum atomic E-state index is -0.316. The molecule has 0 unspecified atom stereocenters. The van der Waals surface area contributed by atoms with E-state index in [9.17, 15) is 4.79 Å². The van der Waals surface area contributed by atoms with Gasteiger partial charge in [0.2, 0.25) is 0 Å². The average Bonchev–Trinajstić information content (AvgIpc) is 2.28. The molecule has 0 bridgehead atoms. The van der Waals surface area contributed by atoms with E-state index in [0.29, 0.717) is 18.0 Å². The number of carbonyl (C=O) groups excluding carboxylic acids is 1. The van der Waals surface area contributed by atoms with Crippen LogP contribution in [-0.4, -0.2) is 22.5 Å². The Kier molecular flexibility index (Phi) is 3.04. The molecule has 2 aromatic rings. The molecule has 0 radical (unpaired) electrons. The van der Waals surface area contributed by atoms with Crippen molar-refractivity contribution in [1.82, 2.24) is 9.97 Å². The fraction of sp³-hybridized carbons (Fsp3) is 0.308. The maximum atomic E-state index is 11.6. The molecular formula is C13H14N2O2. The zero-order chi connectivity index (χ0) is 12.4. The van der Waals surface area contributed by atoms with Gasteiger partial charge in [-0.05, 0) is 32.9 Å². The van der Waals surface area contributed by atoms with Gasteiger partial charge in [-0.1, -0.05) is 6.07 Å². The number of aromatic nitrogens is 2. The molecular weight excluding hydrogens is 216 g/mol. The number of aryl methyl sites for hydroxylation is 2. The van der Waals surface area contributed by atoms with E-state index in [0.717, 1.165) is 16.6 Å². The van der Waals surface area contributed by atoms with Gasteiger partial charge >= 0.3 is 5.97 Å². The monoisotopic (exact) mass is 230 g/mol. The molecule has 0 amide bonds. The molecule has 0 saturated carbocycles. The zero-order valence-corrected chi connectivity index (χ0v) is 10.2. The van der Waals surface area contributed by atoms with Crippen molar-refractivity contribution in [3.8, 4) is 0 Å². The predicted molar refractivity (Wildman–Crippen MR) is 65.0 cm³/mol.